The summed E-state index contributed by atoms with van der Waals surface area (Å²) in [5.74, 6) is 1.22. The zero-order valence-electron chi connectivity index (χ0n) is 15.8. The molecule has 7 heteroatoms. The van der Waals surface area contributed by atoms with Crippen LogP contribution in [0.25, 0.3) is 0 Å². The van der Waals surface area contributed by atoms with E-state index in [1.54, 1.807) is 0 Å². The molecule has 1 saturated carbocycles. The van der Waals surface area contributed by atoms with Gasteiger partial charge in [0.2, 0.25) is 5.82 Å². The van der Waals surface area contributed by atoms with Crippen molar-refractivity contribution >= 4 is 11.5 Å². The Hall–Kier alpha value is -1.92. The Labute approximate surface area is 150 Å². The highest BCUT2D eigenvalue weighted by Gasteiger charge is 2.30. The number of ether oxygens (including phenoxy) is 1. The molecule has 1 fully saturated rings. The van der Waals surface area contributed by atoms with Crippen LogP contribution in [0.1, 0.15) is 59.8 Å². The Morgan fingerprint density at radius 2 is 1.76 bits per heavy atom. The predicted molar refractivity (Wildman–Crippen MR) is 98.1 cm³/mol. The summed E-state index contributed by atoms with van der Waals surface area (Å²) in [5.41, 5.74) is -0.102. The van der Waals surface area contributed by atoms with E-state index in [2.05, 4.69) is 37.7 Å². The number of nitro groups is 1. The summed E-state index contributed by atoms with van der Waals surface area (Å²) in [7, 11) is 0. The maximum absolute atomic E-state index is 11.8. The highest BCUT2D eigenvalue weighted by atomic mass is 16.6. The molecule has 0 N–H and O–H groups in total. The maximum Gasteiger partial charge on any atom is 0.372 e. The summed E-state index contributed by atoms with van der Waals surface area (Å²) >= 11 is 0. The third-order valence-corrected chi connectivity index (χ3v) is 4.25. The third kappa shape index (κ3) is 5.54. The molecule has 0 amide bonds. The molecule has 0 saturated heterocycles. The monoisotopic (exact) mass is 350 g/mol. The van der Waals surface area contributed by atoms with Crippen LogP contribution in [0.3, 0.4) is 0 Å². The number of aromatic nitrogens is 2. The van der Waals surface area contributed by atoms with E-state index in [4.69, 9.17) is 4.74 Å². The summed E-state index contributed by atoms with van der Waals surface area (Å²) in [5, 5.41) is 11.8. The van der Waals surface area contributed by atoms with E-state index in [1.807, 2.05) is 4.90 Å². The second-order valence-electron chi connectivity index (χ2n) is 7.68. The maximum atomic E-state index is 11.8. The topological polar surface area (TPSA) is 81.4 Å². The number of nitrogens with zero attached hydrogens (tertiary/aromatic N) is 4. The van der Waals surface area contributed by atoms with Crippen molar-refractivity contribution in [1.29, 1.82) is 0 Å². The Bertz CT molecular complexity index is 561. The highest BCUT2D eigenvalue weighted by Crippen LogP contribution is 2.36. The van der Waals surface area contributed by atoms with E-state index >= 15 is 0 Å². The Morgan fingerprint density at radius 3 is 2.28 bits per heavy atom. The van der Waals surface area contributed by atoms with Crippen molar-refractivity contribution in [2.75, 3.05) is 18.0 Å². The van der Waals surface area contributed by atoms with E-state index in [1.165, 1.54) is 12.7 Å². The van der Waals surface area contributed by atoms with Crippen LogP contribution in [0.2, 0.25) is 0 Å². The van der Waals surface area contributed by atoms with Gasteiger partial charge in [-0.05, 0) is 37.5 Å². The molecule has 0 bridgehead atoms. The van der Waals surface area contributed by atoms with E-state index in [0.717, 1.165) is 25.7 Å². The minimum atomic E-state index is -0.402. The Morgan fingerprint density at radius 1 is 1.16 bits per heavy atom. The van der Waals surface area contributed by atoms with Crippen molar-refractivity contribution in [3.8, 4) is 5.88 Å². The lowest BCUT2D eigenvalue weighted by Crippen LogP contribution is -2.33. The molecule has 0 aromatic carbocycles. The summed E-state index contributed by atoms with van der Waals surface area (Å²) in [6.07, 6.45) is 6.66. The largest absolute Gasteiger partial charge is 0.469 e. The van der Waals surface area contributed by atoms with Crippen molar-refractivity contribution in [3.05, 3.63) is 16.4 Å². The first kappa shape index (κ1) is 19.4. The second kappa shape index (κ2) is 8.97. The van der Waals surface area contributed by atoms with Crippen LogP contribution in [-0.4, -0.2) is 34.1 Å². The van der Waals surface area contributed by atoms with Crippen LogP contribution in [0, 0.1) is 22.0 Å². The van der Waals surface area contributed by atoms with Crippen LogP contribution in [0.5, 0.6) is 5.88 Å². The van der Waals surface area contributed by atoms with Crippen molar-refractivity contribution in [3.63, 3.8) is 0 Å². The number of hydrogen-bond acceptors (Lipinski definition) is 6. The average molecular weight is 350 g/mol. The molecular formula is C18H30N4O3. The van der Waals surface area contributed by atoms with Gasteiger partial charge in [0, 0.05) is 13.1 Å². The quantitative estimate of drug-likeness (QED) is 0.516. The minimum Gasteiger partial charge on any atom is -0.469 e. The summed E-state index contributed by atoms with van der Waals surface area (Å²) in [6, 6.07) is 0. The standard InChI is InChI=1S/C18H30N4O3/c1-13(2)10-21(11-14(3)4)17-16(22(23)24)18(20-12-19-17)25-15-8-6-5-7-9-15/h12-15H,5-11H2,1-4H3. The SMILES string of the molecule is CC(C)CN(CC(C)C)c1ncnc(OC2CCCCC2)c1[N+](=O)[O-]. The molecule has 1 heterocycles. The molecule has 140 valence electrons. The molecule has 7 nitrogen and oxygen atoms in total. The zero-order chi connectivity index (χ0) is 18.4. The van der Waals surface area contributed by atoms with E-state index in [0.29, 0.717) is 30.7 Å². The molecule has 1 aromatic rings. The van der Waals surface area contributed by atoms with E-state index in [-0.39, 0.29) is 17.7 Å². The molecule has 2 rings (SSSR count). The summed E-state index contributed by atoms with van der Waals surface area (Å²) in [4.78, 5) is 21.7. The van der Waals surface area contributed by atoms with Gasteiger partial charge in [-0.1, -0.05) is 34.1 Å². The molecule has 25 heavy (non-hydrogen) atoms. The number of anilines is 1. The molecule has 1 aliphatic carbocycles. The van der Waals surface area contributed by atoms with Gasteiger partial charge >= 0.3 is 5.69 Å². The van der Waals surface area contributed by atoms with Crippen LogP contribution >= 0.6 is 0 Å². The first-order valence-corrected chi connectivity index (χ1v) is 9.29. The van der Waals surface area contributed by atoms with Gasteiger partial charge < -0.3 is 9.64 Å². The fourth-order valence-electron chi connectivity index (χ4n) is 3.30. The van der Waals surface area contributed by atoms with E-state index in [9.17, 15) is 10.1 Å². The molecular weight excluding hydrogens is 320 g/mol. The highest BCUT2D eigenvalue weighted by molar-refractivity contribution is 5.62. The average Bonchev–Trinajstić information content (AvgIpc) is 2.54. The van der Waals surface area contributed by atoms with Gasteiger partial charge in [-0.25, -0.2) is 4.98 Å². The van der Waals surface area contributed by atoms with Crippen molar-refractivity contribution in [2.24, 2.45) is 11.8 Å². The van der Waals surface area contributed by atoms with Gasteiger partial charge in [0.1, 0.15) is 12.4 Å². The van der Waals surface area contributed by atoms with Gasteiger partial charge in [-0.3, -0.25) is 10.1 Å². The minimum absolute atomic E-state index is 0.0128. The lowest BCUT2D eigenvalue weighted by molar-refractivity contribution is -0.385. The van der Waals surface area contributed by atoms with Crippen LogP contribution < -0.4 is 9.64 Å². The Kier molecular flexibility index (Phi) is 6.96. The van der Waals surface area contributed by atoms with Crippen LogP contribution in [0.15, 0.2) is 6.33 Å². The lowest BCUT2D eigenvalue weighted by atomic mass is 9.98. The first-order chi connectivity index (χ1) is 11.9. The van der Waals surface area contributed by atoms with Crippen LogP contribution in [0.4, 0.5) is 11.5 Å². The van der Waals surface area contributed by atoms with Crippen molar-refractivity contribution in [1.82, 2.24) is 9.97 Å². The lowest BCUT2D eigenvalue weighted by Gasteiger charge is -2.28. The smallest absolute Gasteiger partial charge is 0.372 e. The van der Waals surface area contributed by atoms with Crippen LogP contribution in [-0.2, 0) is 0 Å². The fraction of sp³-hybridized carbons (Fsp3) is 0.778. The van der Waals surface area contributed by atoms with Gasteiger partial charge in [0.25, 0.3) is 5.88 Å². The predicted octanol–water partition coefficient (Wildman–Crippen LogP) is 4.21. The molecule has 0 spiro atoms. The molecule has 0 atom stereocenters. The Balaban J connectivity index is 2.34. The zero-order valence-corrected chi connectivity index (χ0v) is 15.8. The third-order valence-electron chi connectivity index (χ3n) is 4.25. The van der Waals surface area contributed by atoms with E-state index < -0.39 is 4.92 Å². The second-order valence-corrected chi connectivity index (χ2v) is 7.68. The van der Waals surface area contributed by atoms with Crippen molar-refractivity contribution < 1.29 is 9.66 Å². The molecule has 0 radical (unpaired) electrons. The van der Waals surface area contributed by atoms with Gasteiger partial charge in [-0.2, -0.15) is 4.98 Å². The first-order valence-electron chi connectivity index (χ1n) is 9.29. The van der Waals surface area contributed by atoms with Gasteiger partial charge in [-0.15, -0.1) is 0 Å². The molecule has 1 aliphatic rings. The van der Waals surface area contributed by atoms with Gasteiger partial charge in [0.05, 0.1) is 4.92 Å². The summed E-state index contributed by atoms with van der Waals surface area (Å²) < 4.78 is 5.93. The summed E-state index contributed by atoms with van der Waals surface area (Å²) in [6.45, 7) is 9.80. The molecule has 0 aliphatic heterocycles. The van der Waals surface area contributed by atoms with Gasteiger partial charge in [0.15, 0.2) is 0 Å². The molecule has 0 unspecified atom stereocenters. The fourth-order valence-corrected chi connectivity index (χ4v) is 3.30. The normalized spacial score (nSPS) is 15.6. The number of rotatable bonds is 8. The number of hydrogen-bond donors (Lipinski definition) is 0. The molecule has 1 aromatic heterocycles. The van der Waals surface area contributed by atoms with Crippen molar-refractivity contribution in [2.45, 2.75) is 65.9 Å².